The fourth-order valence-electron chi connectivity index (χ4n) is 7.00. The normalized spacial score (nSPS) is 22.7. The number of hydrogen-bond donors (Lipinski definition) is 1. The number of aromatic nitrogens is 1. The number of ether oxygens (including phenoxy) is 3. The second-order valence-corrected chi connectivity index (χ2v) is 12.4. The van der Waals surface area contributed by atoms with Gasteiger partial charge in [-0.2, -0.15) is 0 Å². The molecular weight excluding hydrogens is 633 g/mol. The Balaban J connectivity index is 1.17. The molecule has 4 aromatic rings. The van der Waals surface area contributed by atoms with Crippen molar-refractivity contribution in [1.82, 2.24) is 5.16 Å². The Morgan fingerprint density at radius 3 is 2.34 bits per heavy atom. The van der Waals surface area contributed by atoms with E-state index in [0.29, 0.717) is 29.9 Å². The summed E-state index contributed by atoms with van der Waals surface area (Å²) in [7, 11) is 0. The van der Waals surface area contributed by atoms with Crippen LogP contribution in [0.15, 0.2) is 81.0 Å². The fraction of sp³-hybridized carbons (Fsp3) is 0.265. The molecule has 1 saturated heterocycles. The maximum absolute atomic E-state index is 15.9. The maximum atomic E-state index is 15.9. The number of rotatable bonds is 7. The van der Waals surface area contributed by atoms with Gasteiger partial charge in [0.05, 0.1) is 16.6 Å². The van der Waals surface area contributed by atoms with Crippen molar-refractivity contribution in [1.29, 1.82) is 0 Å². The predicted molar refractivity (Wildman–Crippen MR) is 157 cm³/mol. The Morgan fingerprint density at radius 1 is 0.977 bits per heavy atom. The molecule has 4 aliphatic rings. The van der Waals surface area contributed by atoms with E-state index in [1.807, 2.05) is 60.7 Å². The van der Waals surface area contributed by atoms with Crippen molar-refractivity contribution in [3.63, 3.8) is 0 Å². The van der Waals surface area contributed by atoms with E-state index in [9.17, 15) is 14.7 Å². The molecule has 10 heteroatoms. The fourth-order valence-corrected chi connectivity index (χ4v) is 7.61. The highest BCUT2D eigenvalue weighted by molar-refractivity contribution is 9.10. The van der Waals surface area contributed by atoms with Crippen LogP contribution in [0.5, 0.6) is 11.6 Å². The Bertz CT molecular complexity index is 1890. The third-order valence-electron chi connectivity index (χ3n) is 9.13. The van der Waals surface area contributed by atoms with Gasteiger partial charge in [-0.25, -0.2) is 4.39 Å². The highest BCUT2D eigenvalue weighted by Crippen LogP contribution is 2.63. The number of aliphatic hydroxyl groups is 1. The van der Waals surface area contributed by atoms with Gasteiger partial charge in [0.15, 0.2) is 17.3 Å². The van der Waals surface area contributed by atoms with Crippen molar-refractivity contribution in [3.8, 4) is 11.6 Å². The standard InChI is InChI=1S/C34H25BrFNO7/c35-27-22(14-38)28(36)21-12-19-11-20-13-23-26(33(37-44-23)42-16-18-9-5-2-6-10-18)31(40)34(20)32(43-34)24(19)29(39)25(21)30(27)41-15-17-7-3-1-4-8-17/h1-10,19-20,38H,11-16H2/t19?,20-,34+/m0/s1. The number of nitrogens with zero attached hydrogens (tertiary/aromatic N) is 1. The van der Waals surface area contributed by atoms with E-state index in [1.165, 1.54) is 0 Å². The molecule has 3 atom stereocenters. The first-order valence-corrected chi connectivity index (χ1v) is 15.2. The monoisotopic (exact) mass is 657 g/mol. The van der Waals surface area contributed by atoms with E-state index >= 15 is 4.39 Å². The summed E-state index contributed by atoms with van der Waals surface area (Å²) in [5.41, 5.74) is 1.41. The largest absolute Gasteiger partial charge is 0.487 e. The van der Waals surface area contributed by atoms with E-state index < -0.39 is 23.8 Å². The van der Waals surface area contributed by atoms with Gasteiger partial charge in [-0.15, -0.1) is 0 Å². The second-order valence-electron chi connectivity index (χ2n) is 11.6. The average Bonchev–Trinajstić information content (AvgIpc) is 3.67. The molecule has 1 N–H and O–H groups in total. The number of allylic oxidation sites excluding steroid dienone is 1. The minimum atomic E-state index is -1.30. The number of aliphatic hydroxyl groups excluding tert-OH is 1. The third kappa shape index (κ3) is 3.93. The first-order chi connectivity index (χ1) is 21.4. The lowest BCUT2D eigenvalue weighted by atomic mass is 9.63. The molecule has 8 nitrogen and oxygen atoms in total. The van der Waals surface area contributed by atoms with Crippen molar-refractivity contribution < 1.29 is 37.8 Å². The molecule has 222 valence electrons. The summed E-state index contributed by atoms with van der Waals surface area (Å²) in [6, 6.07) is 18.9. The molecule has 1 unspecified atom stereocenters. The zero-order valence-electron chi connectivity index (χ0n) is 23.3. The number of benzene rings is 3. The number of ketones is 2. The van der Waals surface area contributed by atoms with Gasteiger partial charge < -0.3 is 23.8 Å². The maximum Gasteiger partial charge on any atom is 0.265 e. The summed E-state index contributed by atoms with van der Waals surface area (Å²) >= 11 is 3.39. The minimum absolute atomic E-state index is 0.0331. The van der Waals surface area contributed by atoms with Gasteiger partial charge in [-0.1, -0.05) is 60.7 Å². The van der Waals surface area contributed by atoms with Gasteiger partial charge in [0.25, 0.3) is 5.88 Å². The quantitative estimate of drug-likeness (QED) is 0.239. The molecule has 0 radical (unpaired) electrons. The zero-order chi connectivity index (χ0) is 30.2. The van der Waals surface area contributed by atoms with Crippen molar-refractivity contribution in [2.75, 3.05) is 0 Å². The van der Waals surface area contributed by atoms with Crippen LogP contribution in [0.2, 0.25) is 0 Å². The van der Waals surface area contributed by atoms with Crippen LogP contribution in [0.3, 0.4) is 0 Å². The Labute approximate surface area is 259 Å². The van der Waals surface area contributed by atoms with Gasteiger partial charge in [-0.3, -0.25) is 9.59 Å². The first kappa shape index (κ1) is 27.3. The highest BCUT2D eigenvalue weighted by atomic mass is 79.9. The summed E-state index contributed by atoms with van der Waals surface area (Å²) < 4.78 is 39.8. The summed E-state index contributed by atoms with van der Waals surface area (Å²) in [6.07, 6.45) is 0.986. The van der Waals surface area contributed by atoms with E-state index in [1.54, 1.807) is 0 Å². The molecule has 1 aromatic heterocycles. The number of halogens is 2. The number of hydrogen-bond acceptors (Lipinski definition) is 8. The summed E-state index contributed by atoms with van der Waals surface area (Å²) in [5.74, 6) is -1.07. The lowest BCUT2D eigenvalue weighted by Gasteiger charge is -2.35. The molecule has 3 aliphatic carbocycles. The predicted octanol–water partition coefficient (Wildman–Crippen LogP) is 6.06. The van der Waals surface area contributed by atoms with Gasteiger partial charge in [0.2, 0.25) is 11.4 Å². The summed E-state index contributed by atoms with van der Waals surface area (Å²) in [6.45, 7) is -0.230. The van der Waals surface area contributed by atoms with Gasteiger partial charge >= 0.3 is 0 Å². The molecule has 2 heterocycles. The molecule has 0 amide bonds. The summed E-state index contributed by atoms with van der Waals surface area (Å²) in [4.78, 5) is 28.4. The molecule has 1 aliphatic heterocycles. The smallest absolute Gasteiger partial charge is 0.265 e. The van der Waals surface area contributed by atoms with Crippen LogP contribution in [-0.4, -0.2) is 27.4 Å². The average molecular weight is 658 g/mol. The molecule has 44 heavy (non-hydrogen) atoms. The molecule has 8 rings (SSSR count). The Kier molecular flexibility index (Phi) is 6.29. The van der Waals surface area contributed by atoms with E-state index in [4.69, 9.17) is 18.7 Å². The number of Topliss-reactive ketones (excluding diaryl/α,β-unsaturated/α-hetero) is 2. The van der Waals surface area contributed by atoms with Crippen LogP contribution in [-0.2, 0) is 37.4 Å². The number of fused-ring (bicyclic) bond motifs is 3. The number of epoxide rings is 1. The van der Waals surface area contributed by atoms with Crippen molar-refractivity contribution >= 4 is 27.5 Å². The van der Waals surface area contributed by atoms with Crippen LogP contribution in [0.1, 0.15) is 55.2 Å². The second kappa shape index (κ2) is 10.1. The number of carbonyl (C=O) groups excluding carboxylic acids is 2. The first-order valence-electron chi connectivity index (χ1n) is 14.4. The lowest BCUT2D eigenvalue weighted by molar-refractivity contribution is 0.0734. The van der Waals surface area contributed by atoms with E-state index in [-0.39, 0.29) is 75.6 Å². The third-order valence-corrected chi connectivity index (χ3v) is 9.97. The highest BCUT2D eigenvalue weighted by Gasteiger charge is 2.72. The van der Waals surface area contributed by atoms with Gasteiger partial charge in [0, 0.05) is 29.0 Å². The Hall–Kier alpha value is -4.28. The molecule has 1 fully saturated rings. The summed E-state index contributed by atoms with van der Waals surface area (Å²) in [5, 5.41) is 14.1. The molecule has 3 aromatic carbocycles. The van der Waals surface area contributed by atoms with Crippen LogP contribution in [0, 0.1) is 17.7 Å². The molecular formula is C34H25BrFNO7. The van der Waals surface area contributed by atoms with Crippen molar-refractivity contribution in [2.24, 2.45) is 11.8 Å². The van der Waals surface area contributed by atoms with Gasteiger partial charge in [0.1, 0.15) is 30.3 Å². The minimum Gasteiger partial charge on any atom is -0.487 e. The van der Waals surface area contributed by atoms with Crippen molar-refractivity contribution in [3.05, 3.63) is 121 Å². The molecule has 1 spiro atoms. The topological polar surface area (TPSA) is 111 Å². The van der Waals surface area contributed by atoms with Crippen LogP contribution >= 0.6 is 15.9 Å². The molecule has 0 saturated carbocycles. The lowest BCUT2D eigenvalue weighted by Crippen LogP contribution is -2.44. The van der Waals surface area contributed by atoms with Crippen molar-refractivity contribution in [2.45, 2.75) is 44.7 Å². The number of carbonyl (C=O) groups is 2. The van der Waals surface area contributed by atoms with E-state index in [2.05, 4.69) is 21.1 Å². The van der Waals surface area contributed by atoms with Gasteiger partial charge in [-0.05, 0) is 51.0 Å². The Morgan fingerprint density at radius 2 is 1.66 bits per heavy atom. The zero-order valence-corrected chi connectivity index (χ0v) is 24.9. The van der Waals surface area contributed by atoms with Crippen LogP contribution in [0.4, 0.5) is 4.39 Å². The molecule has 0 bridgehead atoms. The SMILES string of the molecule is O=C1C2=C3O[C@]34C(=O)c3c(OCc5ccccc5)noc3C[C@@H]4CC2Cc2c(F)c(CO)c(Br)c(OCc3ccccc3)c21. The van der Waals surface area contributed by atoms with E-state index in [0.717, 1.165) is 11.1 Å². The van der Waals surface area contributed by atoms with Crippen LogP contribution < -0.4 is 9.47 Å². The van der Waals surface area contributed by atoms with Crippen LogP contribution in [0.25, 0.3) is 0 Å².